The average Bonchev–Trinajstić information content (AvgIpc) is 3.38. The highest BCUT2D eigenvalue weighted by molar-refractivity contribution is 8.01. The molecule has 0 aliphatic heterocycles. The fourth-order valence-electron chi connectivity index (χ4n) is 2.57. The maximum atomic E-state index is 12.3. The number of carbonyl (C=O) groups is 2. The van der Waals surface area contributed by atoms with Gasteiger partial charge in [0.15, 0.2) is 4.34 Å². The van der Waals surface area contributed by atoms with E-state index in [1.165, 1.54) is 34.4 Å². The van der Waals surface area contributed by atoms with Crippen LogP contribution in [0.4, 0.5) is 10.8 Å². The Labute approximate surface area is 185 Å². The van der Waals surface area contributed by atoms with Crippen molar-refractivity contribution in [3.8, 4) is 0 Å². The zero-order chi connectivity index (χ0) is 20.9. The Hall–Kier alpha value is -2.82. The van der Waals surface area contributed by atoms with E-state index in [1.807, 2.05) is 43.3 Å². The van der Waals surface area contributed by atoms with Crippen LogP contribution in [0.5, 0.6) is 0 Å². The van der Waals surface area contributed by atoms with Gasteiger partial charge < -0.3 is 5.32 Å². The molecule has 4 aromatic rings. The maximum absolute atomic E-state index is 12.3. The first-order chi connectivity index (χ1) is 14.6. The molecule has 30 heavy (non-hydrogen) atoms. The number of aryl methyl sites for hydroxylation is 1. The molecular formula is C20H17N5O2S3. The summed E-state index contributed by atoms with van der Waals surface area (Å²) in [7, 11) is 0. The Kier molecular flexibility index (Phi) is 6.36. The van der Waals surface area contributed by atoms with Crippen molar-refractivity contribution in [1.82, 2.24) is 15.2 Å². The molecule has 0 fully saturated rings. The topological polar surface area (TPSA) is 96.9 Å². The molecule has 10 heteroatoms. The summed E-state index contributed by atoms with van der Waals surface area (Å²) in [5.41, 5.74) is 2.14. The Bertz CT molecular complexity index is 1190. The summed E-state index contributed by atoms with van der Waals surface area (Å²) in [6.45, 7) is 1.99. The highest BCUT2D eigenvalue weighted by atomic mass is 32.2. The van der Waals surface area contributed by atoms with E-state index in [1.54, 1.807) is 12.1 Å². The van der Waals surface area contributed by atoms with Gasteiger partial charge in [-0.3, -0.25) is 14.9 Å². The zero-order valence-corrected chi connectivity index (χ0v) is 18.4. The largest absolute Gasteiger partial charge is 0.322 e. The van der Waals surface area contributed by atoms with Crippen LogP contribution in [0.2, 0.25) is 0 Å². The second-order valence-corrected chi connectivity index (χ2v) is 9.49. The number of fused-ring (bicyclic) bond motifs is 1. The van der Waals surface area contributed by atoms with Gasteiger partial charge in [0.25, 0.3) is 5.91 Å². The number of hydrogen-bond donors (Lipinski definition) is 2. The lowest BCUT2D eigenvalue weighted by molar-refractivity contribution is -0.113. The minimum absolute atomic E-state index is 0.145. The third kappa shape index (κ3) is 5.02. The molecule has 0 aliphatic rings. The molecule has 2 aromatic heterocycles. The van der Waals surface area contributed by atoms with E-state index in [0.29, 0.717) is 16.4 Å². The van der Waals surface area contributed by atoms with Crippen LogP contribution in [0.15, 0.2) is 52.9 Å². The van der Waals surface area contributed by atoms with E-state index in [-0.39, 0.29) is 17.6 Å². The third-order valence-electron chi connectivity index (χ3n) is 4.01. The fourth-order valence-corrected chi connectivity index (χ4v) is 5.17. The molecule has 0 bridgehead atoms. The van der Waals surface area contributed by atoms with E-state index in [0.717, 1.165) is 26.0 Å². The number of hydrogen-bond acceptors (Lipinski definition) is 8. The maximum Gasteiger partial charge on any atom is 0.255 e. The van der Waals surface area contributed by atoms with Crippen LogP contribution < -0.4 is 10.6 Å². The first kappa shape index (κ1) is 20.5. The van der Waals surface area contributed by atoms with E-state index in [2.05, 4.69) is 25.8 Å². The molecule has 0 radical (unpaired) electrons. The lowest BCUT2D eigenvalue weighted by Crippen LogP contribution is -2.13. The quantitative estimate of drug-likeness (QED) is 0.392. The van der Waals surface area contributed by atoms with Gasteiger partial charge in [0.2, 0.25) is 11.0 Å². The Morgan fingerprint density at radius 1 is 1.03 bits per heavy atom. The standard InChI is InChI=1S/C20H17N5O2S3/c1-2-17-24-25-19(30-17)23-16(26)11-28-20-22-14-9-8-13(10-15(14)29-20)21-18(27)12-6-4-3-5-7-12/h3-10H,2,11H2,1H3,(H,21,27)(H,23,25,26). The zero-order valence-electron chi connectivity index (χ0n) is 15.9. The number of rotatable bonds is 7. The van der Waals surface area contributed by atoms with Crippen LogP contribution in [-0.2, 0) is 11.2 Å². The Balaban J connectivity index is 1.37. The van der Waals surface area contributed by atoms with Gasteiger partial charge in [-0.15, -0.1) is 21.5 Å². The molecule has 0 aliphatic carbocycles. The summed E-state index contributed by atoms with van der Waals surface area (Å²) in [5, 5.41) is 15.0. The van der Waals surface area contributed by atoms with E-state index < -0.39 is 0 Å². The van der Waals surface area contributed by atoms with E-state index >= 15 is 0 Å². The van der Waals surface area contributed by atoms with Crippen molar-refractivity contribution in [2.45, 2.75) is 17.7 Å². The highest BCUT2D eigenvalue weighted by Gasteiger charge is 2.12. The molecule has 2 heterocycles. The number of carbonyl (C=O) groups excluding carboxylic acids is 2. The minimum atomic E-state index is -0.159. The summed E-state index contributed by atoms with van der Waals surface area (Å²) < 4.78 is 1.73. The molecule has 2 amide bonds. The third-order valence-corrected chi connectivity index (χ3v) is 7.15. The predicted molar refractivity (Wildman–Crippen MR) is 123 cm³/mol. The normalized spacial score (nSPS) is 10.8. The van der Waals surface area contributed by atoms with Crippen molar-refractivity contribution >= 4 is 67.3 Å². The first-order valence-electron chi connectivity index (χ1n) is 9.12. The summed E-state index contributed by atoms with van der Waals surface area (Å²) in [5.74, 6) is -0.0686. The molecule has 0 saturated carbocycles. The molecule has 0 atom stereocenters. The molecule has 4 rings (SSSR count). The van der Waals surface area contributed by atoms with Crippen molar-refractivity contribution in [3.05, 3.63) is 59.1 Å². The molecule has 0 spiro atoms. The Morgan fingerprint density at radius 2 is 1.87 bits per heavy atom. The van der Waals surface area contributed by atoms with Crippen LogP contribution >= 0.6 is 34.4 Å². The average molecular weight is 456 g/mol. The second-order valence-electron chi connectivity index (χ2n) is 6.17. The highest BCUT2D eigenvalue weighted by Crippen LogP contribution is 2.31. The second kappa shape index (κ2) is 9.33. The number of nitrogens with one attached hydrogen (secondary N) is 2. The van der Waals surface area contributed by atoms with Crippen molar-refractivity contribution < 1.29 is 9.59 Å². The summed E-state index contributed by atoms with van der Waals surface area (Å²) >= 11 is 4.23. The summed E-state index contributed by atoms with van der Waals surface area (Å²) in [6.07, 6.45) is 0.793. The van der Waals surface area contributed by atoms with Gasteiger partial charge >= 0.3 is 0 Å². The van der Waals surface area contributed by atoms with E-state index in [4.69, 9.17) is 0 Å². The van der Waals surface area contributed by atoms with E-state index in [9.17, 15) is 9.59 Å². The van der Waals surface area contributed by atoms with Crippen molar-refractivity contribution in [3.63, 3.8) is 0 Å². The van der Waals surface area contributed by atoms with Crippen LogP contribution in [0.25, 0.3) is 10.2 Å². The smallest absolute Gasteiger partial charge is 0.255 e. The number of anilines is 2. The van der Waals surface area contributed by atoms with Crippen molar-refractivity contribution in [2.24, 2.45) is 0 Å². The predicted octanol–water partition coefficient (Wildman–Crippen LogP) is 4.69. The van der Waals surface area contributed by atoms with Crippen molar-refractivity contribution in [2.75, 3.05) is 16.4 Å². The monoisotopic (exact) mass is 455 g/mol. The van der Waals surface area contributed by atoms with Crippen LogP contribution in [0, 0.1) is 0 Å². The van der Waals surface area contributed by atoms with Crippen LogP contribution in [-0.4, -0.2) is 32.7 Å². The minimum Gasteiger partial charge on any atom is -0.322 e. The number of aromatic nitrogens is 3. The molecule has 7 nitrogen and oxygen atoms in total. The number of amides is 2. The van der Waals surface area contributed by atoms with Gasteiger partial charge in [0.05, 0.1) is 16.0 Å². The number of thioether (sulfide) groups is 1. The van der Waals surface area contributed by atoms with Gasteiger partial charge in [-0.2, -0.15) is 0 Å². The molecular weight excluding hydrogens is 438 g/mol. The summed E-state index contributed by atoms with van der Waals surface area (Å²) in [4.78, 5) is 29.0. The lowest BCUT2D eigenvalue weighted by atomic mass is 10.2. The lowest BCUT2D eigenvalue weighted by Gasteiger charge is -2.04. The van der Waals surface area contributed by atoms with Gasteiger partial charge in [-0.1, -0.05) is 48.2 Å². The van der Waals surface area contributed by atoms with Gasteiger partial charge in [0.1, 0.15) is 5.01 Å². The van der Waals surface area contributed by atoms with Gasteiger partial charge in [-0.25, -0.2) is 4.98 Å². The number of nitrogens with zero attached hydrogens (tertiary/aromatic N) is 3. The SMILES string of the molecule is CCc1nnc(NC(=O)CSc2nc3ccc(NC(=O)c4ccccc4)cc3s2)s1. The van der Waals surface area contributed by atoms with Crippen molar-refractivity contribution in [1.29, 1.82) is 0 Å². The van der Waals surface area contributed by atoms with Gasteiger partial charge in [-0.05, 0) is 36.8 Å². The molecule has 152 valence electrons. The van der Waals surface area contributed by atoms with Crippen LogP contribution in [0.1, 0.15) is 22.3 Å². The first-order valence-corrected chi connectivity index (χ1v) is 11.7. The number of thiazole rings is 1. The molecule has 2 N–H and O–H groups in total. The molecule has 0 unspecified atom stereocenters. The molecule has 2 aromatic carbocycles. The Morgan fingerprint density at radius 3 is 2.63 bits per heavy atom. The molecule has 0 saturated heterocycles. The summed E-state index contributed by atoms with van der Waals surface area (Å²) in [6, 6.07) is 14.6. The van der Waals surface area contributed by atoms with Gasteiger partial charge in [0, 0.05) is 11.3 Å². The van der Waals surface area contributed by atoms with Crippen LogP contribution in [0.3, 0.4) is 0 Å². The number of benzene rings is 2. The fraction of sp³-hybridized carbons (Fsp3) is 0.150.